The summed E-state index contributed by atoms with van der Waals surface area (Å²) in [7, 11) is -3.14. The van der Waals surface area contributed by atoms with Gasteiger partial charge in [-0.15, -0.1) is 0 Å². The average molecular weight is 367 g/mol. The van der Waals surface area contributed by atoms with Crippen molar-refractivity contribution in [3.8, 4) is 0 Å². The summed E-state index contributed by atoms with van der Waals surface area (Å²) in [6, 6.07) is 7.40. The van der Waals surface area contributed by atoms with E-state index < -0.39 is 15.4 Å². The van der Waals surface area contributed by atoms with Crippen molar-refractivity contribution in [3.63, 3.8) is 0 Å². The van der Waals surface area contributed by atoms with E-state index in [1.807, 2.05) is 12.1 Å². The molecular formula is C19H30N2O3S. The molecule has 1 aliphatic heterocycles. The number of piperidine rings is 1. The fourth-order valence-corrected chi connectivity index (χ4v) is 4.68. The molecule has 1 heterocycles. The maximum absolute atomic E-state index is 11.5. The van der Waals surface area contributed by atoms with Crippen LogP contribution in [-0.4, -0.2) is 56.0 Å². The van der Waals surface area contributed by atoms with Crippen LogP contribution in [0.5, 0.6) is 0 Å². The Hall–Kier alpha value is -1.11. The van der Waals surface area contributed by atoms with Crippen LogP contribution in [0, 0.1) is 0 Å². The van der Waals surface area contributed by atoms with Crippen LogP contribution in [0.3, 0.4) is 0 Å². The van der Waals surface area contributed by atoms with Gasteiger partial charge in [0.25, 0.3) is 0 Å². The second kappa shape index (κ2) is 7.64. The predicted octanol–water partition coefficient (Wildman–Crippen LogP) is 2.66. The Morgan fingerprint density at radius 1 is 1.12 bits per heavy atom. The van der Waals surface area contributed by atoms with Crippen molar-refractivity contribution >= 4 is 15.5 Å². The first-order chi connectivity index (χ1) is 11.8. The molecule has 140 valence electrons. The maximum atomic E-state index is 11.5. The second-order valence-corrected chi connectivity index (χ2v) is 9.79. The number of hydrogen-bond donors (Lipinski definition) is 2. The number of sulfone groups is 1. The van der Waals surface area contributed by atoms with Crippen molar-refractivity contribution in [2.45, 2.75) is 61.5 Å². The summed E-state index contributed by atoms with van der Waals surface area (Å²) >= 11 is 0. The van der Waals surface area contributed by atoms with E-state index in [4.69, 9.17) is 0 Å². The van der Waals surface area contributed by atoms with E-state index in [0.717, 1.165) is 63.8 Å². The van der Waals surface area contributed by atoms with E-state index in [2.05, 4.69) is 10.2 Å². The minimum Gasteiger partial charge on any atom is -0.389 e. The normalized spacial score (nSPS) is 22.6. The lowest BCUT2D eigenvalue weighted by Crippen LogP contribution is -2.48. The molecule has 0 atom stereocenters. The lowest BCUT2D eigenvalue weighted by molar-refractivity contribution is -0.0302. The van der Waals surface area contributed by atoms with Gasteiger partial charge in [0.1, 0.15) is 0 Å². The van der Waals surface area contributed by atoms with E-state index >= 15 is 0 Å². The Morgan fingerprint density at radius 3 is 2.28 bits per heavy atom. The predicted molar refractivity (Wildman–Crippen MR) is 101 cm³/mol. The van der Waals surface area contributed by atoms with Gasteiger partial charge in [-0.3, -0.25) is 0 Å². The number of likely N-dealkylation sites (tertiary alicyclic amines) is 1. The molecule has 1 aromatic carbocycles. The molecule has 0 bridgehead atoms. The van der Waals surface area contributed by atoms with E-state index in [1.54, 1.807) is 12.1 Å². The van der Waals surface area contributed by atoms with Gasteiger partial charge in [0.05, 0.1) is 10.5 Å². The van der Waals surface area contributed by atoms with Crippen molar-refractivity contribution in [2.75, 3.05) is 31.2 Å². The van der Waals surface area contributed by atoms with Crippen LogP contribution in [0.1, 0.15) is 44.9 Å². The highest BCUT2D eigenvalue weighted by Crippen LogP contribution is 2.30. The zero-order chi connectivity index (χ0) is 17.9. The molecule has 6 heteroatoms. The van der Waals surface area contributed by atoms with Crippen molar-refractivity contribution in [1.29, 1.82) is 0 Å². The summed E-state index contributed by atoms with van der Waals surface area (Å²) in [6.07, 6.45) is 8.76. The molecule has 2 aliphatic rings. The molecule has 2 N–H and O–H groups in total. The Labute approximate surface area is 151 Å². The molecule has 1 aliphatic carbocycles. The molecule has 0 spiro atoms. The summed E-state index contributed by atoms with van der Waals surface area (Å²) in [5, 5.41) is 14.2. The molecule has 1 saturated heterocycles. The highest BCUT2D eigenvalue weighted by Gasteiger charge is 2.32. The van der Waals surface area contributed by atoms with Crippen molar-refractivity contribution in [3.05, 3.63) is 24.3 Å². The molecule has 0 amide bonds. The van der Waals surface area contributed by atoms with Gasteiger partial charge in [0.2, 0.25) is 0 Å². The second-order valence-electron chi connectivity index (χ2n) is 7.78. The van der Waals surface area contributed by atoms with Gasteiger partial charge in [-0.1, -0.05) is 19.3 Å². The van der Waals surface area contributed by atoms with E-state index in [1.165, 1.54) is 12.7 Å². The molecule has 2 fully saturated rings. The number of nitrogens with zero attached hydrogens (tertiary/aromatic N) is 1. The van der Waals surface area contributed by atoms with Gasteiger partial charge < -0.3 is 15.3 Å². The monoisotopic (exact) mass is 366 g/mol. The Bertz CT molecular complexity index is 658. The molecule has 25 heavy (non-hydrogen) atoms. The van der Waals surface area contributed by atoms with Crippen LogP contribution in [-0.2, 0) is 9.84 Å². The van der Waals surface area contributed by atoms with Crippen molar-refractivity contribution < 1.29 is 13.5 Å². The topological polar surface area (TPSA) is 69.6 Å². The van der Waals surface area contributed by atoms with Gasteiger partial charge >= 0.3 is 0 Å². The Kier molecular flexibility index (Phi) is 5.71. The van der Waals surface area contributed by atoms with Crippen LogP contribution >= 0.6 is 0 Å². The lowest BCUT2D eigenvalue weighted by Gasteiger charge is -2.40. The first-order valence-electron chi connectivity index (χ1n) is 9.36. The van der Waals surface area contributed by atoms with Crippen LogP contribution < -0.4 is 5.32 Å². The number of benzene rings is 1. The summed E-state index contributed by atoms with van der Waals surface area (Å²) in [5.74, 6) is 0. The summed E-state index contributed by atoms with van der Waals surface area (Å²) < 4.78 is 23.0. The number of hydrogen-bond acceptors (Lipinski definition) is 5. The third kappa shape index (κ3) is 5.19. The molecule has 0 unspecified atom stereocenters. The average Bonchev–Trinajstić information content (AvgIpc) is 2.57. The van der Waals surface area contributed by atoms with E-state index in [0.29, 0.717) is 10.9 Å². The first kappa shape index (κ1) is 18.7. The van der Waals surface area contributed by atoms with Crippen LogP contribution in [0.25, 0.3) is 0 Å². The Balaban J connectivity index is 1.47. The fourth-order valence-electron chi connectivity index (χ4n) is 4.05. The standard InChI is InChI=1S/C19H30N2O3S/c1-25(23,24)18-7-5-16(6-8-18)20-17-9-13-21(14-10-17)15-19(22)11-3-2-4-12-19/h5-8,17,20,22H,2-4,9-15H2,1H3. The molecule has 1 aromatic rings. The maximum Gasteiger partial charge on any atom is 0.175 e. The summed E-state index contributed by atoms with van der Waals surface area (Å²) in [6.45, 7) is 2.81. The number of anilines is 1. The molecule has 0 aromatic heterocycles. The molecule has 0 radical (unpaired) electrons. The largest absolute Gasteiger partial charge is 0.389 e. The van der Waals surface area contributed by atoms with Crippen molar-refractivity contribution in [1.82, 2.24) is 4.90 Å². The van der Waals surface area contributed by atoms with Gasteiger partial charge in [-0.25, -0.2) is 8.42 Å². The zero-order valence-electron chi connectivity index (χ0n) is 15.1. The SMILES string of the molecule is CS(=O)(=O)c1ccc(NC2CCN(CC3(O)CCCCC3)CC2)cc1. The molecule has 5 nitrogen and oxygen atoms in total. The number of rotatable bonds is 5. The molecular weight excluding hydrogens is 336 g/mol. The van der Waals surface area contributed by atoms with Gasteiger partial charge in [-0.2, -0.15) is 0 Å². The highest BCUT2D eigenvalue weighted by atomic mass is 32.2. The minimum absolute atomic E-state index is 0.355. The first-order valence-corrected chi connectivity index (χ1v) is 11.2. The van der Waals surface area contributed by atoms with Crippen molar-refractivity contribution in [2.24, 2.45) is 0 Å². The quantitative estimate of drug-likeness (QED) is 0.838. The van der Waals surface area contributed by atoms with Gasteiger partial charge in [0.15, 0.2) is 9.84 Å². The van der Waals surface area contributed by atoms with Gasteiger partial charge in [0, 0.05) is 37.6 Å². The lowest BCUT2D eigenvalue weighted by atomic mass is 9.84. The number of aliphatic hydroxyl groups is 1. The minimum atomic E-state index is -3.14. The highest BCUT2D eigenvalue weighted by molar-refractivity contribution is 7.90. The molecule has 3 rings (SSSR count). The third-order valence-corrected chi connectivity index (χ3v) is 6.67. The number of nitrogens with one attached hydrogen (secondary N) is 1. The van der Waals surface area contributed by atoms with E-state index in [9.17, 15) is 13.5 Å². The van der Waals surface area contributed by atoms with Crippen LogP contribution in [0.4, 0.5) is 5.69 Å². The van der Waals surface area contributed by atoms with Crippen LogP contribution in [0.2, 0.25) is 0 Å². The van der Waals surface area contributed by atoms with Crippen LogP contribution in [0.15, 0.2) is 29.2 Å². The van der Waals surface area contributed by atoms with Gasteiger partial charge in [-0.05, 0) is 49.9 Å². The van der Waals surface area contributed by atoms with E-state index in [-0.39, 0.29) is 0 Å². The third-order valence-electron chi connectivity index (χ3n) is 5.54. The molecule has 1 saturated carbocycles. The summed E-state index contributed by atoms with van der Waals surface area (Å²) in [4.78, 5) is 2.75. The summed E-state index contributed by atoms with van der Waals surface area (Å²) in [5.41, 5.74) is 0.497. The zero-order valence-corrected chi connectivity index (χ0v) is 15.9. The fraction of sp³-hybridized carbons (Fsp3) is 0.684. The Morgan fingerprint density at radius 2 is 1.72 bits per heavy atom. The number of β-amino-alcohol motifs (C(OH)–C–C–N with tert-alkyl or cyclic N) is 1. The smallest absolute Gasteiger partial charge is 0.175 e.